The lowest BCUT2D eigenvalue weighted by molar-refractivity contribution is 0.627. The van der Waals surface area contributed by atoms with Crippen molar-refractivity contribution in [2.45, 2.75) is 6.92 Å². The molecule has 0 aliphatic rings. The van der Waals surface area contributed by atoms with Crippen molar-refractivity contribution in [2.75, 3.05) is 29.7 Å². The van der Waals surface area contributed by atoms with Crippen LogP contribution in [0.15, 0.2) is 18.2 Å². The number of nitrogens with one attached hydrogen (secondary N) is 2. The summed E-state index contributed by atoms with van der Waals surface area (Å²) in [7, 11) is 3.59. The van der Waals surface area contributed by atoms with Crippen molar-refractivity contribution < 1.29 is 4.39 Å². The van der Waals surface area contributed by atoms with Crippen LogP contribution in [0.1, 0.15) is 5.56 Å². The van der Waals surface area contributed by atoms with Crippen LogP contribution in [0.5, 0.6) is 0 Å². The predicted octanol–water partition coefficient (Wildman–Crippen LogP) is 1.41. The first kappa shape index (κ1) is 13.9. The van der Waals surface area contributed by atoms with E-state index in [4.69, 9.17) is 5.84 Å². The second kappa shape index (κ2) is 5.66. The van der Waals surface area contributed by atoms with Gasteiger partial charge < -0.3 is 10.2 Å². The molecule has 0 atom stereocenters. The summed E-state index contributed by atoms with van der Waals surface area (Å²) in [6, 6.07) is 4.59. The predicted molar refractivity (Wildman–Crippen MR) is 76.4 cm³/mol. The van der Waals surface area contributed by atoms with E-state index in [2.05, 4.69) is 25.7 Å². The standard InChI is InChI=1S/C12H16FN7/c1-7-4-8(13)6-9(5-7)15-10-16-11(19-14)18-12(17-10)20(2)3/h4-6H,14H2,1-3H3,(H2,15,16,17,18,19). The number of hydrogen-bond donors (Lipinski definition) is 3. The number of halogens is 1. The van der Waals surface area contributed by atoms with E-state index in [-0.39, 0.29) is 17.7 Å². The summed E-state index contributed by atoms with van der Waals surface area (Å²) >= 11 is 0. The number of hydrazine groups is 1. The SMILES string of the molecule is Cc1cc(F)cc(Nc2nc(NN)nc(N(C)C)n2)c1. The highest BCUT2D eigenvalue weighted by molar-refractivity contribution is 5.56. The van der Waals surface area contributed by atoms with Crippen molar-refractivity contribution >= 4 is 23.5 Å². The second-order valence-corrected chi connectivity index (χ2v) is 4.46. The Morgan fingerprint density at radius 2 is 1.80 bits per heavy atom. The van der Waals surface area contributed by atoms with E-state index >= 15 is 0 Å². The maximum atomic E-state index is 13.3. The number of aryl methyl sites for hydroxylation is 1. The summed E-state index contributed by atoms with van der Waals surface area (Å²) < 4.78 is 13.3. The van der Waals surface area contributed by atoms with Gasteiger partial charge in [0, 0.05) is 19.8 Å². The van der Waals surface area contributed by atoms with Crippen molar-refractivity contribution in [3.05, 3.63) is 29.6 Å². The molecule has 7 nitrogen and oxygen atoms in total. The Kier molecular flexibility index (Phi) is 3.94. The van der Waals surface area contributed by atoms with Crippen LogP contribution in [0.3, 0.4) is 0 Å². The van der Waals surface area contributed by atoms with Crippen LogP contribution in [-0.2, 0) is 0 Å². The van der Waals surface area contributed by atoms with Gasteiger partial charge in [-0.3, -0.25) is 5.43 Å². The zero-order chi connectivity index (χ0) is 14.7. The molecule has 0 radical (unpaired) electrons. The molecule has 0 spiro atoms. The molecule has 2 rings (SSSR count). The van der Waals surface area contributed by atoms with Crippen molar-refractivity contribution in [3.8, 4) is 0 Å². The summed E-state index contributed by atoms with van der Waals surface area (Å²) in [5.74, 6) is 5.93. The largest absolute Gasteiger partial charge is 0.347 e. The molecular weight excluding hydrogens is 261 g/mol. The van der Waals surface area contributed by atoms with Crippen LogP contribution < -0.4 is 21.5 Å². The molecule has 1 aromatic carbocycles. The zero-order valence-electron chi connectivity index (χ0n) is 11.5. The van der Waals surface area contributed by atoms with E-state index in [9.17, 15) is 4.39 Å². The first-order valence-corrected chi connectivity index (χ1v) is 5.92. The number of nitrogens with two attached hydrogens (primary N) is 1. The number of hydrogen-bond acceptors (Lipinski definition) is 7. The van der Waals surface area contributed by atoms with E-state index in [0.29, 0.717) is 11.6 Å². The average Bonchev–Trinajstić information content (AvgIpc) is 2.36. The van der Waals surface area contributed by atoms with E-state index in [1.807, 2.05) is 0 Å². The maximum absolute atomic E-state index is 13.3. The molecule has 4 N–H and O–H groups in total. The van der Waals surface area contributed by atoms with Gasteiger partial charge in [-0.05, 0) is 30.7 Å². The van der Waals surface area contributed by atoms with Crippen LogP contribution >= 0.6 is 0 Å². The van der Waals surface area contributed by atoms with Gasteiger partial charge >= 0.3 is 0 Å². The van der Waals surface area contributed by atoms with Crippen LogP contribution in [0, 0.1) is 12.7 Å². The minimum absolute atomic E-state index is 0.222. The Balaban J connectivity index is 2.34. The number of nitrogen functional groups attached to an aromatic ring is 1. The molecule has 0 saturated carbocycles. The van der Waals surface area contributed by atoms with Crippen molar-refractivity contribution in [1.82, 2.24) is 15.0 Å². The van der Waals surface area contributed by atoms with Crippen molar-refractivity contribution in [3.63, 3.8) is 0 Å². The molecule has 0 unspecified atom stereocenters. The third kappa shape index (κ3) is 3.29. The zero-order valence-corrected chi connectivity index (χ0v) is 11.5. The highest BCUT2D eigenvalue weighted by atomic mass is 19.1. The topological polar surface area (TPSA) is 92.0 Å². The average molecular weight is 277 g/mol. The van der Waals surface area contributed by atoms with Gasteiger partial charge in [-0.25, -0.2) is 10.2 Å². The summed E-state index contributed by atoms with van der Waals surface area (Å²) in [5, 5.41) is 2.93. The molecule has 8 heteroatoms. The number of nitrogens with zero attached hydrogens (tertiary/aromatic N) is 4. The summed E-state index contributed by atoms with van der Waals surface area (Å²) in [5.41, 5.74) is 3.72. The molecule has 0 bridgehead atoms. The Labute approximate surface area is 116 Å². The van der Waals surface area contributed by atoms with Crippen LogP contribution in [0.4, 0.5) is 27.9 Å². The molecule has 106 valence electrons. The summed E-state index contributed by atoms with van der Waals surface area (Å²) in [6.07, 6.45) is 0. The van der Waals surface area contributed by atoms with Gasteiger partial charge in [0.15, 0.2) is 0 Å². The Morgan fingerprint density at radius 1 is 1.10 bits per heavy atom. The molecule has 1 heterocycles. The highest BCUT2D eigenvalue weighted by Gasteiger charge is 2.08. The number of benzene rings is 1. The molecule has 1 aromatic heterocycles. The van der Waals surface area contributed by atoms with Gasteiger partial charge in [0.1, 0.15) is 5.82 Å². The Hall–Kier alpha value is -2.48. The Bertz CT molecular complexity index is 594. The van der Waals surface area contributed by atoms with Gasteiger partial charge in [-0.15, -0.1) is 0 Å². The molecule has 0 aliphatic carbocycles. The van der Waals surface area contributed by atoms with Crippen molar-refractivity contribution in [2.24, 2.45) is 5.84 Å². The first-order valence-electron chi connectivity index (χ1n) is 5.92. The lowest BCUT2D eigenvalue weighted by atomic mass is 10.2. The smallest absolute Gasteiger partial charge is 0.243 e. The van der Waals surface area contributed by atoms with E-state index in [1.165, 1.54) is 12.1 Å². The molecule has 0 fully saturated rings. The minimum Gasteiger partial charge on any atom is -0.347 e. The molecule has 0 saturated heterocycles. The summed E-state index contributed by atoms with van der Waals surface area (Å²) in [4.78, 5) is 14.1. The van der Waals surface area contributed by atoms with Gasteiger partial charge in [0.2, 0.25) is 17.8 Å². The third-order valence-electron chi connectivity index (χ3n) is 2.45. The fourth-order valence-electron chi connectivity index (χ4n) is 1.62. The number of aromatic nitrogens is 3. The lowest BCUT2D eigenvalue weighted by Crippen LogP contribution is -2.18. The van der Waals surface area contributed by atoms with Crippen LogP contribution in [0.25, 0.3) is 0 Å². The van der Waals surface area contributed by atoms with E-state index < -0.39 is 0 Å². The third-order valence-corrected chi connectivity index (χ3v) is 2.45. The molecule has 2 aromatic rings. The van der Waals surface area contributed by atoms with Gasteiger partial charge in [0.25, 0.3) is 0 Å². The normalized spacial score (nSPS) is 10.2. The first-order chi connectivity index (χ1) is 9.47. The lowest BCUT2D eigenvalue weighted by Gasteiger charge is -2.13. The van der Waals surface area contributed by atoms with Crippen molar-refractivity contribution in [1.29, 1.82) is 0 Å². The highest BCUT2D eigenvalue weighted by Crippen LogP contribution is 2.18. The maximum Gasteiger partial charge on any atom is 0.243 e. The summed E-state index contributed by atoms with van der Waals surface area (Å²) in [6.45, 7) is 1.81. The van der Waals surface area contributed by atoms with E-state index in [1.54, 1.807) is 32.0 Å². The molecule has 0 amide bonds. The van der Waals surface area contributed by atoms with Gasteiger partial charge in [0.05, 0.1) is 0 Å². The fourth-order valence-corrected chi connectivity index (χ4v) is 1.62. The monoisotopic (exact) mass is 277 g/mol. The number of anilines is 4. The van der Waals surface area contributed by atoms with E-state index in [0.717, 1.165) is 5.56 Å². The minimum atomic E-state index is -0.327. The second-order valence-electron chi connectivity index (χ2n) is 4.46. The number of rotatable bonds is 4. The Morgan fingerprint density at radius 3 is 2.40 bits per heavy atom. The van der Waals surface area contributed by atoms with Crippen LogP contribution in [-0.4, -0.2) is 29.0 Å². The molecule has 0 aliphatic heterocycles. The fraction of sp³-hybridized carbons (Fsp3) is 0.250. The quantitative estimate of drug-likeness (QED) is 0.575. The van der Waals surface area contributed by atoms with Gasteiger partial charge in [-0.1, -0.05) is 0 Å². The molecule has 20 heavy (non-hydrogen) atoms. The van der Waals surface area contributed by atoms with Crippen LogP contribution in [0.2, 0.25) is 0 Å². The molecular formula is C12H16FN7. The van der Waals surface area contributed by atoms with Gasteiger partial charge in [-0.2, -0.15) is 15.0 Å².